The van der Waals surface area contributed by atoms with E-state index in [2.05, 4.69) is 4.90 Å². The van der Waals surface area contributed by atoms with Crippen molar-refractivity contribution in [3.05, 3.63) is 30.1 Å². The molecule has 0 aromatic heterocycles. The van der Waals surface area contributed by atoms with Crippen molar-refractivity contribution in [2.24, 2.45) is 5.73 Å². The quantitative estimate of drug-likeness (QED) is 0.798. The number of carbonyl (C=O) groups is 2. The van der Waals surface area contributed by atoms with Crippen molar-refractivity contribution in [1.29, 1.82) is 0 Å². The average molecular weight is 350 g/mol. The Morgan fingerprint density at radius 2 is 1.76 bits per heavy atom. The van der Waals surface area contributed by atoms with Gasteiger partial charge in [-0.15, -0.1) is 0 Å². The highest BCUT2D eigenvalue weighted by molar-refractivity contribution is 5.77. The van der Waals surface area contributed by atoms with Gasteiger partial charge < -0.3 is 15.5 Å². The zero-order valence-corrected chi connectivity index (χ0v) is 14.9. The summed E-state index contributed by atoms with van der Waals surface area (Å²) < 4.78 is 13.0. The third kappa shape index (κ3) is 5.70. The monoisotopic (exact) mass is 350 g/mol. The maximum atomic E-state index is 13.0. The maximum Gasteiger partial charge on any atom is 0.231 e. The molecule has 138 valence electrons. The van der Waals surface area contributed by atoms with Gasteiger partial charge in [-0.05, 0) is 38.1 Å². The number of amides is 2. The summed E-state index contributed by atoms with van der Waals surface area (Å²) in [4.78, 5) is 29.4. The van der Waals surface area contributed by atoms with Gasteiger partial charge in [-0.1, -0.05) is 0 Å². The molecule has 0 bridgehead atoms. The second kappa shape index (κ2) is 8.80. The van der Waals surface area contributed by atoms with Crippen LogP contribution in [0.4, 0.5) is 10.1 Å². The van der Waals surface area contributed by atoms with E-state index in [0.29, 0.717) is 26.1 Å². The first kappa shape index (κ1) is 19.2. The van der Waals surface area contributed by atoms with Crippen LogP contribution in [-0.2, 0) is 9.59 Å². The number of hydrogen-bond acceptors (Lipinski definition) is 4. The van der Waals surface area contributed by atoms with Crippen LogP contribution in [0, 0.1) is 5.82 Å². The van der Waals surface area contributed by atoms with Gasteiger partial charge in [0.2, 0.25) is 11.8 Å². The number of carbonyl (C=O) groups excluding carboxylic acids is 2. The van der Waals surface area contributed by atoms with Crippen molar-refractivity contribution in [2.45, 2.75) is 26.3 Å². The Balaban J connectivity index is 1.80. The molecule has 1 aromatic carbocycles. The molecule has 25 heavy (non-hydrogen) atoms. The smallest absolute Gasteiger partial charge is 0.231 e. The number of rotatable bonds is 7. The van der Waals surface area contributed by atoms with E-state index in [-0.39, 0.29) is 30.2 Å². The molecule has 6 nitrogen and oxygen atoms in total. The average Bonchev–Trinajstić information content (AvgIpc) is 2.58. The minimum absolute atomic E-state index is 0.0916. The van der Waals surface area contributed by atoms with Gasteiger partial charge in [-0.3, -0.25) is 14.5 Å². The lowest BCUT2D eigenvalue weighted by Gasteiger charge is -2.36. The normalized spacial score (nSPS) is 15.1. The summed E-state index contributed by atoms with van der Waals surface area (Å²) in [7, 11) is 0. The summed E-state index contributed by atoms with van der Waals surface area (Å²) in [5.74, 6) is -0.536. The molecule has 0 aliphatic carbocycles. The standard InChI is InChI=1S/C18H27FN4O2/c1-14(2)23(13-17(20)24)8-7-18(25)22-11-9-21(10-12-22)16-5-3-15(19)4-6-16/h3-6,14H,7-13H2,1-2H3,(H2,20,24). The number of halogens is 1. The van der Waals surface area contributed by atoms with E-state index in [1.54, 1.807) is 12.1 Å². The lowest BCUT2D eigenvalue weighted by Crippen LogP contribution is -2.49. The number of benzene rings is 1. The molecule has 1 aliphatic rings. The summed E-state index contributed by atoms with van der Waals surface area (Å²) in [6.07, 6.45) is 0.377. The van der Waals surface area contributed by atoms with Crippen molar-refractivity contribution in [1.82, 2.24) is 9.80 Å². The van der Waals surface area contributed by atoms with Crippen molar-refractivity contribution in [2.75, 3.05) is 44.2 Å². The van der Waals surface area contributed by atoms with E-state index in [4.69, 9.17) is 5.73 Å². The third-order valence-electron chi connectivity index (χ3n) is 4.53. The van der Waals surface area contributed by atoms with Crippen LogP contribution in [0.5, 0.6) is 0 Å². The zero-order chi connectivity index (χ0) is 18.4. The van der Waals surface area contributed by atoms with Crippen molar-refractivity contribution < 1.29 is 14.0 Å². The zero-order valence-electron chi connectivity index (χ0n) is 14.9. The summed E-state index contributed by atoms with van der Waals surface area (Å²) in [5.41, 5.74) is 6.23. The van der Waals surface area contributed by atoms with E-state index in [1.807, 2.05) is 23.6 Å². The molecular formula is C18H27FN4O2. The van der Waals surface area contributed by atoms with Gasteiger partial charge in [0.1, 0.15) is 5.82 Å². The summed E-state index contributed by atoms with van der Waals surface area (Å²) in [5, 5.41) is 0. The van der Waals surface area contributed by atoms with Crippen LogP contribution >= 0.6 is 0 Å². The summed E-state index contributed by atoms with van der Waals surface area (Å²) in [6.45, 7) is 7.41. The van der Waals surface area contributed by atoms with Crippen molar-refractivity contribution >= 4 is 17.5 Å². The van der Waals surface area contributed by atoms with Gasteiger partial charge in [0, 0.05) is 50.9 Å². The Bertz CT molecular complexity index is 583. The van der Waals surface area contributed by atoms with Crippen molar-refractivity contribution in [3.8, 4) is 0 Å². The lowest BCUT2D eigenvalue weighted by molar-refractivity contribution is -0.132. The fourth-order valence-electron chi connectivity index (χ4n) is 2.98. The fourth-order valence-corrected chi connectivity index (χ4v) is 2.98. The molecule has 2 rings (SSSR count). The minimum Gasteiger partial charge on any atom is -0.369 e. The predicted octanol–water partition coefficient (Wildman–Crippen LogP) is 1.06. The maximum absolute atomic E-state index is 13.0. The van der Waals surface area contributed by atoms with Gasteiger partial charge >= 0.3 is 0 Å². The van der Waals surface area contributed by atoms with E-state index in [1.165, 1.54) is 12.1 Å². The Kier molecular flexibility index (Phi) is 6.75. The lowest BCUT2D eigenvalue weighted by atomic mass is 10.2. The molecule has 2 amide bonds. The first-order valence-corrected chi connectivity index (χ1v) is 8.67. The molecule has 1 aliphatic heterocycles. The number of hydrogen-bond donors (Lipinski definition) is 1. The van der Waals surface area contributed by atoms with Crippen LogP contribution in [0.3, 0.4) is 0 Å². The van der Waals surface area contributed by atoms with Gasteiger partial charge in [0.25, 0.3) is 0 Å². The predicted molar refractivity (Wildman–Crippen MR) is 95.7 cm³/mol. The molecule has 1 heterocycles. The van der Waals surface area contributed by atoms with Gasteiger partial charge in [0.15, 0.2) is 0 Å². The second-order valence-electron chi connectivity index (χ2n) is 6.62. The van der Waals surface area contributed by atoms with E-state index >= 15 is 0 Å². The van der Waals surface area contributed by atoms with Crippen LogP contribution in [0.15, 0.2) is 24.3 Å². The van der Waals surface area contributed by atoms with Gasteiger partial charge in [0.05, 0.1) is 6.54 Å². The fraction of sp³-hybridized carbons (Fsp3) is 0.556. The van der Waals surface area contributed by atoms with E-state index in [9.17, 15) is 14.0 Å². The van der Waals surface area contributed by atoms with E-state index < -0.39 is 0 Å². The molecular weight excluding hydrogens is 323 g/mol. The number of nitrogens with zero attached hydrogens (tertiary/aromatic N) is 3. The minimum atomic E-state index is -0.380. The second-order valence-corrected chi connectivity index (χ2v) is 6.62. The molecule has 2 N–H and O–H groups in total. The molecule has 0 unspecified atom stereocenters. The third-order valence-corrected chi connectivity index (χ3v) is 4.53. The van der Waals surface area contributed by atoms with Crippen LogP contribution in [0.2, 0.25) is 0 Å². The Morgan fingerprint density at radius 1 is 1.16 bits per heavy atom. The van der Waals surface area contributed by atoms with Crippen LogP contribution < -0.4 is 10.6 Å². The molecule has 7 heteroatoms. The number of piperazine rings is 1. The Morgan fingerprint density at radius 3 is 2.28 bits per heavy atom. The molecule has 0 atom stereocenters. The van der Waals surface area contributed by atoms with Crippen LogP contribution in [0.1, 0.15) is 20.3 Å². The Hall–Kier alpha value is -2.15. The molecule has 0 spiro atoms. The van der Waals surface area contributed by atoms with E-state index in [0.717, 1.165) is 18.8 Å². The van der Waals surface area contributed by atoms with Crippen LogP contribution in [0.25, 0.3) is 0 Å². The summed E-state index contributed by atoms with van der Waals surface area (Å²) in [6, 6.07) is 6.59. The Labute approximate surface area is 148 Å². The van der Waals surface area contributed by atoms with Gasteiger partial charge in [-0.2, -0.15) is 0 Å². The topological polar surface area (TPSA) is 69.9 Å². The first-order chi connectivity index (χ1) is 11.9. The molecule has 1 aromatic rings. The molecule has 0 saturated carbocycles. The highest BCUT2D eigenvalue weighted by Crippen LogP contribution is 2.17. The number of nitrogens with two attached hydrogens (primary N) is 1. The van der Waals surface area contributed by atoms with Crippen LogP contribution in [-0.4, -0.2) is 66.9 Å². The highest BCUT2D eigenvalue weighted by atomic mass is 19.1. The van der Waals surface area contributed by atoms with Gasteiger partial charge in [-0.25, -0.2) is 4.39 Å². The summed E-state index contributed by atoms with van der Waals surface area (Å²) >= 11 is 0. The molecule has 1 saturated heterocycles. The largest absolute Gasteiger partial charge is 0.369 e. The van der Waals surface area contributed by atoms with Crippen molar-refractivity contribution in [3.63, 3.8) is 0 Å². The number of primary amides is 1. The number of anilines is 1. The first-order valence-electron chi connectivity index (χ1n) is 8.67. The molecule has 0 radical (unpaired) electrons. The molecule has 1 fully saturated rings. The highest BCUT2D eigenvalue weighted by Gasteiger charge is 2.22. The SMILES string of the molecule is CC(C)N(CCC(=O)N1CCN(c2ccc(F)cc2)CC1)CC(N)=O.